The zero-order valence-corrected chi connectivity index (χ0v) is 44.3. The number of aromatic nitrogens is 4. The largest absolute Gasteiger partial charge is 0.510 e. The maximum atomic E-state index is 9.00. The van der Waals surface area contributed by atoms with Gasteiger partial charge < -0.3 is 13.9 Å². The van der Waals surface area contributed by atoms with Crippen molar-refractivity contribution in [3.63, 3.8) is 0 Å². The van der Waals surface area contributed by atoms with Gasteiger partial charge in [-0.15, -0.1) is 29.7 Å². The van der Waals surface area contributed by atoms with Gasteiger partial charge in [0.2, 0.25) is 0 Å². The average Bonchev–Trinajstić information content (AvgIpc) is 4.00. The van der Waals surface area contributed by atoms with Gasteiger partial charge >= 0.3 is 0 Å². The number of imidazole rings is 1. The van der Waals surface area contributed by atoms with Crippen molar-refractivity contribution in [2.24, 2.45) is 0 Å². The molecule has 0 spiro atoms. The molecule has 72 heavy (non-hydrogen) atoms. The Kier molecular flexibility index (Phi) is 11.0. The van der Waals surface area contributed by atoms with Gasteiger partial charge in [0, 0.05) is 44.3 Å². The van der Waals surface area contributed by atoms with Crippen LogP contribution >= 0.6 is 0 Å². The fourth-order valence-corrected chi connectivity index (χ4v) is 9.48. The summed E-state index contributed by atoms with van der Waals surface area (Å²) in [5, 5.41) is 2.10. The summed E-state index contributed by atoms with van der Waals surface area (Å²) in [6.45, 7) is 19.9. The fourth-order valence-electron chi connectivity index (χ4n) is 9.48. The van der Waals surface area contributed by atoms with Crippen LogP contribution in [-0.2, 0) is 37.3 Å². The van der Waals surface area contributed by atoms with Crippen molar-refractivity contribution in [2.75, 3.05) is 0 Å². The van der Waals surface area contributed by atoms with Crippen LogP contribution < -0.4 is 9.30 Å². The molecule has 0 aliphatic rings. The van der Waals surface area contributed by atoms with Crippen molar-refractivity contribution in [3.8, 4) is 62.1 Å². The molecule has 11 rings (SSSR count). The van der Waals surface area contributed by atoms with Crippen molar-refractivity contribution in [1.29, 1.82) is 0 Å². The normalized spacial score (nSPS) is 13.1. The molecule has 0 atom stereocenters. The van der Waals surface area contributed by atoms with E-state index < -0.39 is 18.1 Å². The van der Waals surface area contributed by atoms with Crippen molar-refractivity contribution in [2.45, 2.75) is 78.6 Å². The van der Waals surface area contributed by atoms with E-state index in [0.29, 0.717) is 28.3 Å². The van der Waals surface area contributed by atoms with Gasteiger partial charge in [0.05, 0.1) is 23.6 Å². The first-order valence-electron chi connectivity index (χ1n) is 26.7. The molecular formula is C66H58N4OPt-2. The smallest absolute Gasteiger partial charge is 0.268 e. The summed E-state index contributed by atoms with van der Waals surface area (Å²) in [4.78, 5) is 4.86. The second kappa shape index (κ2) is 18.7. The third kappa shape index (κ3) is 9.12. The molecule has 0 saturated carbocycles. The molecule has 0 fully saturated rings. The van der Waals surface area contributed by atoms with E-state index in [1.807, 2.05) is 65.4 Å². The van der Waals surface area contributed by atoms with Crippen molar-refractivity contribution in [3.05, 3.63) is 223 Å². The van der Waals surface area contributed by atoms with E-state index >= 15 is 0 Å². The molecule has 360 valence electrons. The summed E-state index contributed by atoms with van der Waals surface area (Å²) in [6, 6.07) is 57.1. The molecule has 0 aliphatic heterocycles. The zero-order chi connectivity index (χ0) is 53.6. The van der Waals surface area contributed by atoms with E-state index in [-0.39, 0.29) is 55.0 Å². The second-order valence-corrected chi connectivity index (χ2v) is 21.4. The molecule has 0 N–H and O–H groups in total. The summed E-state index contributed by atoms with van der Waals surface area (Å²) in [5.74, 6) is 1.72. The molecule has 5 nitrogen and oxygen atoms in total. The molecule has 0 aliphatic carbocycles. The first-order chi connectivity index (χ1) is 36.2. The van der Waals surface area contributed by atoms with Gasteiger partial charge in [-0.25, -0.2) is 4.98 Å². The van der Waals surface area contributed by atoms with Crippen LogP contribution in [0.15, 0.2) is 188 Å². The van der Waals surface area contributed by atoms with E-state index in [2.05, 4.69) is 187 Å². The van der Waals surface area contributed by atoms with E-state index in [9.17, 15) is 0 Å². The third-order valence-corrected chi connectivity index (χ3v) is 13.4. The number of benzene rings is 8. The van der Waals surface area contributed by atoms with Crippen LogP contribution in [0.3, 0.4) is 0 Å². The van der Waals surface area contributed by atoms with Crippen LogP contribution in [0.4, 0.5) is 0 Å². The summed E-state index contributed by atoms with van der Waals surface area (Å²) >= 11 is 0. The predicted molar refractivity (Wildman–Crippen MR) is 292 cm³/mol. The maximum Gasteiger partial charge on any atom is 0.268 e. The van der Waals surface area contributed by atoms with E-state index in [0.717, 1.165) is 61.1 Å². The quantitative estimate of drug-likeness (QED) is 0.112. The Balaban J connectivity index is 0.00000672. The van der Waals surface area contributed by atoms with Crippen LogP contribution in [0.1, 0.15) is 85.9 Å². The summed E-state index contributed by atoms with van der Waals surface area (Å²) < 4.78 is 56.4. The molecule has 0 bridgehead atoms. The molecule has 0 unspecified atom stereocenters. The Bertz CT molecular complexity index is 4010. The van der Waals surface area contributed by atoms with Crippen LogP contribution in [0.2, 0.25) is 0 Å². The Morgan fingerprint density at radius 1 is 0.528 bits per heavy atom. The Morgan fingerprint density at radius 3 is 1.83 bits per heavy atom. The van der Waals surface area contributed by atoms with Gasteiger partial charge in [0.1, 0.15) is 5.82 Å². The molecular weight excluding hydrogens is 1060 g/mol. The number of nitrogens with zero attached hydrogens (tertiary/aromatic N) is 4. The van der Waals surface area contributed by atoms with Crippen LogP contribution in [0.5, 0.6) is 11.5 Å². The van der Waals surface area contributed by atoms with E-state index in [1.165, 1.54) is 16.7 Å². The topological polar surface area (TPSA) is 35.9 Å². The SMILES string of the molecule is [2H]c1c([2H])c([2H])c(-c2ccc3c(c2)n(-c2[c-]c(Oc4[c-]c5c(cc4)c4ccccc4n5-c4cc(C(C)(C)C)ccn4)ccc2)[c-][n+]3-c2c(-c3cccc(C(C)(C)C)c3)cccc2-c2cccc(C(C)(C)C)c2)c([2H])c1[2H].[Pt]. The number of rotatable bonds is 8. The van der Waals surface area contributed by atoms with Gasteiger partial charge in [0.25, 0.3) is 6.33 Å². The number of fused-ring (bicyclic) bond motifs is 4. The predicted octanol–water partition coefficient (Wildman–Crippen LogP) is 16.5. The van der Waals surface area contributed by atoms with Gasteiger partial charge in [-0.05, 0) is 102 Å². The van der Waals surface area contributed by atoms with E-state index in [1.54, 1.807) is 0 Å². The third-order valence-electron chi connectivity index (χ3n) is 13.4. The fraction of sp³-hybridized carbons (Fsp3) is 0.182. The van der Waals surface area contributed by atoms with Gasteiger partial charge in [-0.2, -0.15) is 18.2 Å². The average molecular weight is 1120 g/mol. The number of pyridine rings is 1. The van der Waals surface area contributed by atoms with Gasteiger partial charge in [-0.3, -0.25) is 4.57 Å². The molecule has 11 aromatic rings. The van der Waals surface area contributed by atoms with Crippen LogP contribution in [0, 0.1) is 18.5 Å². The number of hydrogen-bond acceptors (Lipinski definition) is 2. The van der Waals surface area contributed by atoms with Crippen LogP contribution in [-0.4, -0.2) is 14.1 Å². The molecule has 0 saturated heterocycles. The maximum absolute atomic E-state index is 9.00. The Labute approximate surface area is 445 Å². The molecule has 0 radical (unpaired) electrons. The van der Waals surface area contributed by atoms with Crippen molar-refractivity contribution in [1.82, 2.24) is 14.1 Å². The molecule has 6 heteroatoms. The number of hydrogen-bond donors (Lipinski definition) is 0. The summed E-state index contributed by atoms with van der Waals surface area (Å²) in [7, 11) is 0. The van der Waals surface area contributed by atoms with Crippen molar-refractivity contribution < 1.29 is 37.2 Å². The van der Waals surface area contributed by atoms with Crippen molar-refractivity contribution >= 4 is 32.8 Å². The number of para-hydroxylation sites is 2. The molecule has 0 amide bonds. The standard InChI is InChI=1S/C66H58N4O.Pt/c1-64(2,3)48-23-15-21-46(37-48)54-28-18-29-55(47-22-16-24-49(38-47)65(4,5)6)63(54)69-43-68(61-39-45(31-34-59(61)69)44-19-11-10-12-20-44)51-25-17-26-52(41-51)71-53-32-33-57-56-27-13-14-30-58(56)70(60(57)42-53)62-40-50(35-36-67-62)66(7,8)9;/h10-40H,1-9H3;/q-2;/i10D,11D,12D,19D,20D;. The van der Waals surface area contributed by atoms with E-state index in [4.69, 9.17) is 16.6 Å². The first-order valence-corrected chi connectivity index (χ1v) is 24.2. The minimum Gasteiger partial charge on any atom is -0.510 e. The minimum absolute atomic E-state index is 0. The molecule has 3 heterocycles. The van der Waals surface area contributed by atoms with Crippen LogP contribution in [0.25, 0.3) is 83.4 Å². The monoisotopic (exact) mass is 1120 g/mol. The van der Waals surface area contributed by atoms with Gasteiger partial charge in [-0.1, -0.05) is 195 Å². The minimum atomic E-state index is -0.444. The zero-order valence-electron chi connectivity index (χ0n) is 47.0. The number of ether oxygens (including phenoxy) is 1. The van der Waals surface area contributed by atoms with Gasteiger partial charge in [0.15, 0.2) is 0 Å². The second-order valence-electron chi connectivity index (χ2n) is 21.4. The Morgan fingerprint density at radius 2 is 1.15 bits per heavy atom. The Hall–Kier alpha value is -7.33. The summed E-state index contributed by atoms with van der Waals surface area (Å²) in [6.07, 6.45) is 5.64. The summed E-state index contributed by atoms with van der Waals surface area (Å²) in [5.41, 5.74) is 12.7. The first kappa shape index (κ1) is 42.4. The molecule has 8 aromatic carbocycles. The molecule has 3 aromatic heterocycles.